The molecule has 15 nitrogen and oxygen atoms in total. The van der Waals surface area contributed by atoms with Crippen LogP contribution in [0.1, 0.15) is 107 Å². The highest BCUT2D eigenvalue weighted by molar-refractivity contribution is 6.03. The number of carbonyl (C=O) groups is 6. The molecule has 0 bridgehead atoms. The van der Waals surface area contributed by atoms with Gasteiger partial charge in [-0.3, -0.25) is 29.3 Å². The maximum atomic E-state index is 14.2. The maximum absolute atomic E-state index is 14.2. The summed E-state index contributed by atoms with van der Waals surface area (Å²) in [6, 6.07) is 20.1. The number of aryl methyl sites for hydroxylation is 2. The van der Waals surface area contributed by atoms with E-state index < -0.39 is 83.8 Å². The van der Waals surface area contributed by atoms with Crippen LogP contribution in [-0.4, -0.2) is 86.6 Å². The summed E-state index contributed by atoms with van der Waals surface area (Å²) < 4.78 is 5.45. The zero-order valence-electron chi connectivity index (χ0n) is 38.5. The van der Waals surface area contributed by atoms with E-state index in [0.717, 1.165) is 40.7 Å². The summed E-state index contributed by atoms with van der Waals surface area (Å²) in [4.78, 5) is 89.8. The van der Waals surface area contributed by atoms with Gasteiger partial charge in [0.05, 0.1) is 30.8 Å². The van der Waals surface area contributed by atoms with Gasteiger partial charge in [-0.2, -0.15) is 0 Å². The number of aromatic nitrogens is 2. The molecule has 1 aliphatic carbocycles. The van der Waals surface area contributed by atoms with Crippen LogP contribution in [0.3, 0.4) is 0 Å². The van der Waals surface area contributed by atoms with Crippen LogP contribution in [0, 0.1) is 11.8 Å². The number of imidazole rings is 1. The number of amides is 6. The third kappa shape index (κ3) is 15.1. The van der Waals surface area contributed by atoms with Crippen molar-refractivity contribution in [2.24, 2.45) is 11.8 Å². The van der Waals surface area contributed by atoms with E-state index in [9.17, 15) is 33.9 Å². The number of aliphatic hydroxyl groups is 1. The molecule has 0 saturated carbocycles. The van der Waals surface area contributed by atoms with E-state index >= 15 is 0 Å². The molecular formula is C50H65N7O8. The van der Waals surface area contributed by atoms with Crippen molar-refractivity contribution >= 4 is 35.6 Å². The summed E-state index contributed by atoms with van der Waals surface area (Å²) in [5, 5.41) is 25.3. The Morgan fingerprint density at radius 2 is 1.28 bits per heavy atom. The first-order valence-electron chi connectivity index (χ1n) is 22.5. The van der Waals surface area contributed by atoms with E-state index in [1.807, 2.05) is 107 Å². The van der Waals surface area contributed by atoms with Crippen molar-refractivity contribution in [1.29, 1.82) is 0 Å². The van der Waals surface area contributed by atoms with Gasteiger partial charge in [0.15, 0.2) is 0 Å². The Morgan fingerprint density at radius 1 is 0.708 bits per heavy atom. The van der Waals surface area contributed by atoms with Crippen LogP contribution < -0.4 is 26.6 Å². The zero-order chi connectivity index (χ0) is 47.3. The minimum Gasteiger partial charge on any atom is -0.444 e. The summed E-state index contributed by atoms with van der Waals surface area (Å²) >= 11 is 0. The molecule has 0 saturated heterocycles. The van der Waals surface area contributed by atoms with Crippen molar-refractivity contribution in [3.63, 3.8) is 0 Å². The fourth-order valence-electron chi connectivity index (χ4n) is 8.09. The number of aromatic amines is 1. The lowest BCUT2D eigenvalue weighted by molar-refractivity contribution is -0.135. The van der Waals surface area contributed by atoms with Crippen LogP contribution in [0.25, 0.3) is 0 Å². The number of rotatable bonds is 19. The number of imide groups is 1. The number of hydrogen-bond donors (Lipinski definition) is 7. The number of aliphatic hydroxyl groups excluding tert-OH is 1. The molecule has 0 radical (unpaired) electrons. The topological polar surface area (TPSA) is 221 Å². The molecule has 3 aromatic carbocycles. The molecule has 65 heavy (non-hydrogen) atoms. The smallest absolute Gasteiger partial charge is 0.408 e. The summed E-state index contributed by atoms with van der Waals surface area (Å²) in [6.07, 6.45) is 2.32. The summed E-state index contributed by atoms with van der Waals surface area (Å²) in [5.41, 5.74) is 4.16. The fourth-order valence-corrected chi connectivity index (χ4v) is 8.09. The lowest BCUT2D eigenvalue weighted by Gasteiger charge is -2.29. The predicted molar refractivity (Wildman–Crippen MR) is 246 cm³/mol. The van der Waals surface area contributed by atoms with Gasteiger partial charge in [0.2, 0.25) is 29.5 Å². The van der Waals surface area contributed by atoms with Gasteiger partial charge in [0, 0.05) is 24.7 Å². The Labute approximate surface area is 381 Å². The summed E-state index contributed by atoms with van der Waals surface area (Å²) in [7, 11) is 0. The van der Waals surface area contributed by atoms with Crippen LogP contribution in [0.15, 0.2) is 91.4 Å². The lowest BCUT2D eigenvalue weighted by atomic mass is 9.87. The molecule has 1 aromatic heterocycles. The van der Waals surface area contributed by atoms with Crippen molar-refractivity contribution in [3.8, 4) is 0 Å². The molecule has 1 aliphatic rings. The number of hydrogen-bond acceptors (Lipinski definition) is 9. The lowest BCUT2D eigenvalue weighted by Crippen LogP contribution is -2.58. The number of alkyl carbamates (subject to hydrolysis) is 1. The molecular weight excluding hydrogens is 827 g/mol. The molecule has 0 fully saturated rings. The molecule has 4 aromatic rings. The second-order valence-electron chi connectivity index (χ2n) is 18.7. The normalized spacial score (nSPS) is 14.9. The molecule has 6 amide bonds. The standard InChI is InChI=1S/C50H65N7O8/c1-30(2)23-38(54-46(61)41(26-35-28-51-29-52-35)55-45(60)40(25-32-15-9-8-10-16-32)56-49(64)65-50(5,6)7)42(58)27-43(59)53-39(24-31(3)4)47(62)57-48(63)44-36-19-13-11-17-33(36)21-22-34-18-12-14-20-37(34)44/h8-20,28-31,38-42,44,58H,21-27H2,1-7H3,(H,51,52)(H,53,59)(H,54,61)(H,55,60)(H,56,64)(H,57,62,63)/t38-,39-,40-,41-,42-/m0/s1. The quantitative estimate of drug-likeness (QED) is 0.0676. The monoisotopic (exact) mass is 891 g/mol. The second kappa shape index (κ2) is 23.0. The summed E-state index contributed by atoms with van der Waals surface area (Å²) in [5.74, 6) is -3.94. The fraction of sp³-hybridized carbons (Fsp3) is 0.460. The molecule has 7 N–H and O–H groups in total. The van der Waals surface area contributed by atoms with Crippen molar-refractivity contribution < 1.29 is 38.6 Å². The van der Waals surface area contributed by atoms with Crippen LogP contribution >= 0.6 is 0 Å². The molecule has 0 unspecified atom stereocenters. The number of benzene rings is 3. The number of fused-ring (bicyclic) bond motifs is 2. The average molecular weight is 892 g/mol. The third-order valence-corrected chi connectivity index (χ3v) is 11.1. The van der Waals surface area contributed by atoms with Crippen LogP contribution in [0.2, 0.25) is 0 Å². The molecule has 1 heterocycles. The molecule has 15 heteroatoms. The minimum atomic E-state index is -1.41. The van der Waals surface area contributed by atoms with Gasteiger partial charge in [-0.15, -0.1) is 0 Å². The largest absolute Gasteiger partial charge is 0.444 e. The molecule has 0 aliphatic heterocycles. The summed E-state index contributed by atoms with van der Waals surface area (Å²) in [6.45, 7) is 12.7. The van der Waals surface area contributed by atoms with E-state index in [0.29, 0.717) is 5.69 Å². The highest BCUT2D eigenvalue weighted by Crippen LogP contribution is 2.34. The SMILES string of the molecule is CC(C)C[C@H](NC(=O)C[C@H](O)[C@H](CC(C)C)NC(=O)[C@H](Cc1cnc[nH]1)NC(=O)[C@H](Cc1ccccc1)NC(=O)OC(C)(C)C)C(=O)NC(=O)C1c2ccccc2CCc2ccccc21. The highest BCUT2D eigenvalue weighted by atomic mass is 16.6. The maximum Gasteiger partial charge on any atom is 0.408 e. The Morgan fingerprint density at radius 3 is 1.85 bits per heavy atom. The molecule has 348 valence electrons. The average Bonchev–Trinajstić information content (AvgIpc) is 3.69. The zero-order valence-corrected chi connectivity index (χ0v) is 38.5. The third-order valence-electron chi connectivity index (χ3n) is 11.1. The Balaban J connectivity index is 1.29. The molecule has 0 spiro atoms. The van der Waals surface area contributed by atoms with Gasteiger partial charge in [-0.1, -0.05) is 107 Å². The van der Waals surface area contributed by atoms with Crippen molar-refractivity contribution in [2.75, 3.05) is 0 Å². The van der Waals surface area contributed by atoms with Gasteiger partial charge in [-0.05, 0) is 86.1 Å². The molecule has 5 atom stereocenters. The van der Waals surface area contributed by atoms with E-state index in [4.69, 9.17) is 4.74 Å². The van der Waals surface area contributed by atoms with Gasteiger partial charge in [0.1, 0.15) is 23.7 Å². The highest BCUT2D eigenvalue weighted by Gasteiger charge is 2.35. The van der Waals surface area contributed by atoms with Crippen LogP contribution in [0.4, 0.5) is 4.79 Å². The Kier molecular flexibility index (Phi) is 17.6. The predicted octanol–water partition coefficient (Wildman–Crippen LogP) is 4.96. The van der Waals surface area contributed by atoms with E-state index in [1.54, 1.807) is 20.8 Å². The second-order valence-corrected chi connectivity index (χ2v) is 18.7. The van der Waals surface area contributed by atoms with Crippen molar-refractivity contribution in [2.45, 2.75) is 135 Å². The van der Waals surface area contributed by atoms with Gasteiger partial charge < -0.3 is 36.1 Å². The number of nitrogens with zero attached hydrogens (tertiary/aromatic N) is 1. The molecule has 5 rings (SSSR count). The number of H-pyrrole nitrogens is 1. The Hall–Kier alpha value is -6.35. The van der Waals surface area contributed by atoms with Gasteiger partial charge in [0.25, 0.3) is 0 Å². The van der Waals surface area contributed by atoms with E-state index in [2.05, 4.69) is 36.6 Å². The number of ether oxygens (including phenoxy) is 1. The van der Waals surface area contributed by atoms with E-state index in [1.165, 1.54) is 12.5 Å². The van der Waals surface area contributed by atoms with Crippen LogP contribution in [0.5, 0.6) is 0 Å². The Bertz CT molecular complexity index is 2190. The minimum absolute atomic E-state index is 0.0181. The van der Waals surface area contributed by atoms with E-state index in [-0.39, 0.29) is 37.5 Å². The number of nitrogens with one attached hydrogen (secondary N) is 6. The van der Waals surface area contributed by atoms with Crippen molar-refractivity contribution in [3.05, 3.63) is 125 Å². The first-order chi connectivity index (χ1) is 30.9. The number of carbonyl (C=O) groups excluding carboxylic acids is 6. The van der Waals surface area contributed by atoms with Crippen LogP contribution in [-0.2, 0) is 54.4 Å². The first-order valence-corrected chi connectivity index (χ1v) is 22.5. The van der Waals surface area contributed by atoms with Gasteiger partial charge >= 0.3 is 6.09 Å². The first kappa shape index (κ1) is 49.7. The van der Waals surface area contributed by atoms with Gasteiger partial charge in [-0.25, -0.2) is 9.78 Å². The van der Waals surface area contributed by atoms with Crippen molar-refractivity contribution in [1.82, 2.24) is 36.6 Å².